The monoisotopic (exact) mass is 318 g/mol. The minimum atomic E-state index is -0.102. The van der Waals surface area contributed by atoms with Gasteiger partial charge in [0, 0.05) is 6.42 Å². The quantitative estimate of drug-likeness (QED) is 0.353. The highest BCUT2D eigenvalue weighted by Crippen LogP contribution is 2.09. The average Bonchev–Trinajstić information content (AvgIpc) is 2.74. The van der Waals surface area contributed by atoms with Crippen molar-refractivity contribution >= 4 is 12.3 Å². The second-order valence-electron chi connectivity index (χ2n) is 4.72. The van der Waals surface area contributed by atoms with Crippen LogP contribution in [0.4, 0.5) is 0 Å². The number of unbranched alkanes of at least 4 members (excludes halogenated alkanes) is 4. The molecule has 0 fully saturated rings. The molecule has 0 aromatic carbocycles. The number of hydrogen-bond donors (Lipinski definition) is 0. The van der Waals surface area contributed by atoms with E-state index in [1.54, 1.807) is 12.5 Å². The Bertz CT molecular complexity index is 291. The summed E-state index contributed by atoms with van der Waals surface area (Å²) in [4.78, 5) is 15.5. The number of ether oxygens (including phenoxy) is 1. The molecule has 4 nitrogen and oxygen atoms in total. The number of quaternary nitrogens is 1. The van der Waals surface area contributed by atoms with Crippen LogP contribution in [0, 0.1) is 0 Å². The summed E-state index contributed by atoms with van der Waals surface area (Å²) in [5.41, 5.74) is 0. The molecule has 0 aliphatic carbocycles. The number of rotatable bonds is 8. The predicted octanol–water partition coefficient (Wildman–Crippen LogP) is -0.189. The zero-order valence-corrected chi connectivity index (χ0v) is 12.9. The summed E-state index contributed by atoms with van der Waals surface area (Å²) in [6.07, 6.45) is 11.7. The molecule has 1 heterocycles. The molecule has 1 unspecified atom stereocenters. The van der Waals surface area contributed by atoms with Crippen molar-refractivity contribution in [2.45, 2.75) is 45.4 Å². The summed E-state index contributed by atoms with van der Waals surface area (Å²) < 4.78 is 5.67. The third-order valence-electron chi connectivity index (χ3n) is 2.81. The van der Waals surface area contributed by atoms with Crippen LogP contribution in [-0.2, 0) is 9.53 Å². The van der Waals surface area contributed by atoms with E-state index in [1.807, 2.05) is 13.2 Å². The Hall–Kier alpha value is -0.680. The van der Waals surface area contributed by atoms with Crippen molar-refractivity contribution in [1.29, 1.82) is 0 Å². The van der Waals surface area contributed by atoms with Crippen LogP contribution in [0.25, 0.3) is 0 Å². The Balaban J connectivity index is 0.00000289. The molecular weight excluding hydrogens is 296 g/mol. The van der Waals surface area contributed by atoms with Gasteiger partial charge in [-0.3, -0.25) is 4.79 Å². The highest BCUT2D eigenvalue weighted by Gasteiger charge is 2.21. The minimum absolute atomic E-state index is 0. The van der Waals surface area contributed by atoms with Crippen molar-refractivity contribution < 1.29 is 31.0 Å². The summed E-state index contributed by atoms with van der Waals surface area (Å²) >= 11 is 0. The zero-order chi connectivity index (χ0) is 12.6. The highest BCUT2D eigenvalue weighted by molar-refractivity contribution is 5.69. The summed E-state index contributed by atoms with van der Waals surface area (Å²) in [6, 6.07) is 0. The molecule has 0 saturated carbocycles. The zero-order valence-electron chi connectivity index (χ0n) is 11.3. The van der Waals surface area contributed by atoms with Crippen molar-refractivity contribution in [3.8, 4) is 0 Å². The van der Waals surface area contributed by atoms with Crippen LogP contribution in [0.5, 0.6) is 0 Å². The molecule has 0 aromatic heterocycles. The summed E-state index contributed by atoms with van der Waals surface area (Å²) in [6.45, 7) is 2.53. The molecule has 1 aliphatic rings. The number of carbonyl (C=O) groups is 1. The van der Waals surface area contributed by atoms with E-state index in [9.17, 15) is 4.79 Å². The number of hydrogen-bond acceptors (Lipinski definition) is 3. The van der Waals surface area contributed by atoms with Crippen LogP contribution in [0.2, 0.25) is 0 Å². The van der Waals surface area contributed by atoms with Crippen LogP contribution in [0.3, 0.4) is 0 Å². The minimum Gasteiger partial charge on any atom is -1.00 e. The van der Waals surface area contributed by atoms with Gasteiger partial charge in [0.05, 0.1) is 13.2 Å². The Morgan fingerprint density at radius 3 is 2.61 bits per heavy atom. The Kier molecular flexibility index (Phi) is 8.93. The summed E-state index contributed by atoms with van der Waals surface area (Å²) in [5, 5.41) is 0. The van der Waals surface area contributed by atoms with Crippen molar-refractivity contribution in [2.24, 2.45) is 4.99 Å². The molecule has 104 valence electrons. The third-order valence-corrected chi connectivity index (χ3v) is 2.81. The van der Waals surface area contributed by atoms with Crippen LogP contribution in [0.1, 0.15) is 45.4 Å². The summed E-state index contributed by atoms with van der Waals surface area (Å²) in [7, 11) is 1.95. The van der Waals surface area contributed by atoms with Crippen molar-refractivity contribution in [2.75, 3.05) is 13.8 Å². The molecule has 0 saturated heterocycles. The van der Waals surface area contributed by atoms with Gasteiger partial charge in [-0.25, -0.2) is 9.48 Å². The smallest absolute Gasteiger partial charge is 0.310 e. The molecule has 1 rings (SSSR count). The normalized spacial score (nSPS) is 20.8. The average molecular weight is 319 g/mol. The van der Waals surface area contributed by atoms with Gasteiger partial charge in [-0.15, -0.1) is 0 Å². The molecule has 0 amide bonds. The van der Waals surface area contributed by atoms with Gasteiger partial charge in [0.25, 0.3) is 0 Å². The van der Waals surface area contributed by atoms with Gasteiger partial charge in [-0.2, -0.15) is 0 Å². The van der Waals surface area contributed by atoms with E-state index in [0.29, 0.717) is 17.6 Å². The van der Waals surface area contributed by atoms with E-state index >= 15 is 0 Å². The fourth-order valence-corrected chi connectivity index (χ4v) is 1.65. The van der Waals surface area contributed by atoms with Crippen LogP contribution >= 0.6 is 0 Å². The molecule has 0 aromatic rings. The largest absolute Gasteiger partial charge is 1.00 e. The van der Waals surface area contributed by atoms with E-state index in [-0.39, 0.29) is 23.0 Å². The van der Waals surface area contributed by atoms with Crippen molar-refractivity contribution in [1.82, 2.24) is 0 Å². The number of nitrogens with zero attached hydrogens (tertiary/aromatic N) is 2. The molecule has 0 radical (unpaired) electrons. The molecule has 0 bridgehead atoms. The standard InChI is InChI=1S/C13H23N2O2.BrH/c1-3-4-5-6-7-8-13(16)17-12-15(2)10-9-14-11-15;/h9-11H,3-8,12H2,1-2H3;1H/q+1;/p-1. The van der Waals surface area contributed by atoms with Gasteiger partial charge < -0.3 is 21.7 Å². The van der Waals surface area contributed by atoms with Crippen molar-refractivity contribution in [3.63, 3.8) is 0 Å². The van der Waals surface area contributed by atoms with Gasteiger partial charge in [-0.05, 0) is 6.42 Å². The predicted molar refractivity (Wildman–Crippen MR) is 68.2 cm³/mol. The SMILES string of the molecule is CCCCCCCC(=O)OC[N+]1(C)C=CN=C1.[Br-]. The van der Waals surface area contributed by atoms with E-state index < -0.39 is 0 Å². The molecule has 18 heavy (non-hydrogen) atoms. The first-order valence-corrected chi connectivity index (χ1v) is 6.39. The highest BCUT2D eigenvalue weighted by atomic mass is 79.9. The lowest BCUT2D eigenvalue weighted by atomic mass is 10.1. The fraction of sp³-hybridized carbons (Fsp3) is 0.692. The third kappa shape index (κ3) is 6.91. The van der Waals surface area contributed by atoms with Crippen LogP contribution in [-0.4, -0.2) is 30.6 Å². The first kappa shape index (κ1) is 17.3. The second-order valence-corrected chi connectivity index (χ2v) is 4.72. The van der Waals surface area contributed by atoms with Gasteiger partial charge in [0.15, 0.2) is 6.34 Å². The first-order valence-electron chi connectivity index (χ1n) is 6.39. The Morgan fingerprint density at radius 2 is 2.00 bits per heavy atom. The number of halogens is 1. The lowest BCUT2D eigenvalue weighted by molar-refractivity contribution is -0.778. The first-order chi connectivity index (χ1) is 8.16. The maximum absolute atomic E-state index is 11.5. The van der Waals surface area contributed by atoms with Gasteiger partial charge >= 0.3 is 5.97 Å². The lowest BCUT2D eigenvalue weighted by Gasteiger charge is -2.20. The lowest BCUT2D eigenvalue weighted by Crippen LogP contribution is -3.00. The van der Waals surface area contributed by atoms with Gasteiger partial charge in [0.1, 0.15) is 6.20 Å². The summed E-state index contributed by atoms with van der Waals surface area (Å²) in [5.74, 6) is -0.102. The molecular formula is C13H23BrN2O2. The molecule has 1 atom stereocenters. The van der Waals surface area contributed by atoms with E-state index in [2.05, 4.69) is 11.9 Å². The number of carbonyl (C=O) groups excluding carboxylic acids is 1. The van der Waals surface area contributed by atoms with Gasteiger partial charge in [-0.1, -0.05) is 32.6 Å². The molecule has 1 aliphatic heterocycles. The van der Waals surface area contributed by atoms with Crippen LogP contribution < -0.4 is 17.0 Å². The Morgan fingerprint density at radius 1 is 1.28 bits per heavy atom. The van der Waals surface area contributed by atoms with Gasteiger partial charge in [0.2, 0.25) is 6.73 Å². The maximum Gasteiger partial charge on any atom is 0.310 e. The van der Waals surface area contributed by atoms with Crippen molar-refractivity contribution in [3.05, 3.63) is 12.4 Å². The molecule has 5 heteroatoms. The topological polar surface area (TPSA) is 38.7 Å². The fourth-order valence-electron chi connectivity index (χ4n) is 1.65. The number of esters is 1. The number of aliphatic imine (C=N–C) groups is 1. The molecule has 0 N–H and O–H groups in total. The second kappa shape index (κ2) is 9.28. The van der Waals surface area contributed by atoms with Crippen LogP contribution in [0.15, 0.2) is 17.4 Å². The Labute approximate surface area is 120 Å². The maximum atomic E-state index is 11.5. The molecule has 0 spiro atoms. The van der Waals surface area contributed by atoms with E-state index in [4.69, 9.17) is 4.74 Å². The van der Waals surface area contributed by atoms with E-state index in [0.717, 1.165) is 12.8 Å². The van der Waals surface area contributed by atoms with E-state index in [1.165, 1.54) is 19.3 Å².